The molecule has 0 fully saturated rings. The minimum Gasteiger partial charge on any atom is -0.464 e. The van der Waals surface area contributed by atoms with E-state index in [0.29, 0.717) is 0 Å². The minimum absolute atomic E-state index is 0.853. The van der Waals surface area contributed by atoms with Crippen molar-refractivity contribution in [3.05, 3.63) is 242 Å². The Hall–Kier alpha value is -7.68. The summed E-state index contributed by atoms with van der Waals surface area (Å²) in [6, 6.07) is 73.8. The summed E-state index contributed by atoms with van der Waals surface area (Å²) in [5.74, 6) is 0. The van der Waals surface area contributed by atoms with Crippen LogP contribution in [0.5, 0.6) is 0 Å². The second-order valence-electron chi connectivity index (χ2n) is 14.6. The first-order valence-corrected chi connectivity index (χ1v) is 19.7. The molecule has 0 amide bonds. The molecule has 0 N–H and O–H groups in total. The van der Waals surface area contributed by atoms with Crippen molar-refractivity contribution in [2.24, 2.45) is 0 Å². The zero-order valence-electron chi connectivity index (χ0n) is 31.9. The molecule has 0 spiro atoms. The molecule has 0 unspecified atom stereocenters. The predicted octanol–water partition coefficient (Wildman–Crippen LogP) is 15.8. The van der Waals surface area contributed by atoms with Crippen LogP contribution in [0.3, 0.4) is 0 Å². The molecule has 10 rings (SSSR count). The quantitative estimate of drug-likeness (QED) is 0.137. The smallest absolute Gasteiger partial charge is 0.135 e. The summed E-state index contributed by atoms with van der Waals surface area (Å²) in [5.41, 5.74) is 14.1. The Morgan fingerprint density at radius 3 is 1.74 bits per heavy atom. The van der Waals surface area contributed by atoms with Gasteiger partial charge < -0.3 is 9.32 Å². The minimum atomic E-state index is 0.853. The van der Waals surface area contributed by atoms with Crippen molar-refractivity contribution in [3.8, 4) is 33.4 Å². The van der Waals surface area contributed by atoms with Crippen molar-refractivity contribution in [1.29, 1.82) is 0 Å². The maximum Gasteiger partial charge on any atom is 0.135 e. The lowest BCUT2D eigenvalue weighted by atomic mass is 9.92. The van der Waals surface area contributed by atoms with Gasteiger partial charge in [-0.25, -0.2) is 0 Å². The second-order valence-corrected chi connectivity index (χ2v) is 14.6. The molecule has 0 atom stereocenters. The van der Waals surface area contributed by atoms with Crippen LogP contribution >= 0.6 is 0 Å². The molecule has 2 nitrogen and oxygen atoms in total. The summed E-state index contributed by atoms with van der Waals surface area (Å²) in [5, 5.41) is 5.85. The van der Waals surface area contributed by atoms with Crippen LogP contribution in [0.2, 0.25) is 0 Å². The van der Waals surface area contributed by atoms with Crippen molar-refractivity contribution >= 4 is 55.1 Å². The topological polar surface area (TPSA) is 16.4 Å². The first kappa shape index (κ1) is 34.8. The molecule has 0 aliphatic heterocycles. The van der Waals surface area contributed by atoms with Crippen LogP contribution in [-0.4, -0.2) is 0 Å². The summed E-state index contributed by atoms with van der Waals surface area (Å²) in [6.07, 6.45) is 5.87. The molecule has 1 heterocycles. The van der Waals surface area contributed by atoms with Crippen LogP contribution in [-0.2, 0) is 0 Å². The fourth-order valence-corrected chi connectivity index (χ4v) is 8.26. The Balaban J connectivity index is 1.17. The van der Waals surface area contributed by atoms with Gasteiger partial charge in [0, 0.05) is 27.9 Å². The number of allylic oxidation sites excluding steroid dienone is 2. The summed E-state index contributed by atoms with van der Waals surface area (Å²) >= 11 is 0. The molecular weight excluding hydrogens is 703 g/mol. The average molecular weight is 742 g/mol. The lowest BCUT2D eigenvalue weighted by Crippen LogP contribution is -2.12. The summed E-state index contributed by atoms with van der Waals surface area (Å²) in [6.45, 7) is 4.18. The van der Waals surface area contributed by atoms with E-state index in [2.05, 4.69) is 224 Å². The molecule has 2 heteroatoms. The zero-order valence-corrected chi connectivity index (χ0v) is 31.9. The normalized spacial score (nSPS) is 11.6. The van der Waals surface area contributed by atoms with Crippen molar-refractivity contribution in [2.45, 2.75) is 0 Å². The van der Waals surface area contributed by atoms with E-state index < -0.39 is 0 Å². The highest BCUT2D eigenvalue weighted by atomic mass is 16.3. The highest BCUT2D eigenvalue weighted by Gasteiger charge is 2.22. The van der Waals surface area contributed by atoms with Crippen LogP contribution in [0.25, 0.3) is 71.5 Å². The van der Waals surface area contributed by atoms with Crippen molar-refractivity contribution in [2.75, 3.05) is 4.90 Å². The highest BCUT2D eigenvalue weighted by Crippen LogP contribution is 2.45. The lowest BCUT2D eigenvalue weighted by molar-refractivity contribution is 0.615. The van der Waals surface area contributed by atoms with Crippen molar-refractivity contribution in [3.63, 3.8) is 0 Å². The van der Waals surface area contributed by atoms with Crippen molar-refractivity contribution in [1.82, 2.24) is 0 Å². The van der Waals surface area contributed by atoms with E-state index in [1.54, 1.807) is 0 Å². The van der Waals surface area contributed by atoms with Gasteiger partial charge in [0.2, 0.25) is 0 Å². The van der Waals surface area contributed by atoms with E-state index in [4.69, 9.17) is 4.42 Å². The standard InChI is InChI=1S/C56H39NO/c1-2-15-50(54-38-58-56-36-45-23-12-11-22-44(45)35-53(54)56)51-24-13-14-25-55(51)57(47-30-28-40(29-31-47)46-27-26-39-16-9-10-21-43(39)34-46)48-32-33-49(41-17-5-3-6-18-41)52(37-48)42-19-7-4-8-20-42/h2-38H,1H2/b50-15-. The Bertz CT molecular complexity index is 3120. The number of nitrogens with zero attached hydrogens (tertiary/aromatic N) is 1. The summed E-state index contributed by atoms with van der Waals surface area (Å²) < 4.78 is 6.29. The largest absolute Gasteiger partial charge is 0.464 e. The van der Waals surface area contributed by atoms with Crippen LogP contribution in [0, 0.1) is 0 Å². The number of furan rings is 1. The maximum atomic E-state index is 6.29. The number of anilines is 3. The predicted molar refractivity (Wildman–Crippen MR) is 246 cm³/mol. The third-order valence-electron chi connectivity index (χ3n) is 11.1. The number of fused-ring (bicyclic) bond motifs is 3. The molecule has 0 saturated heterocycles. The molecular formula is C56H39NO. The third-order valence-corrected chi connectivity index (χ3v) is 11.1. The number of hydrogen-bond donors (Lipinski definition) is 0. The fraction of sp³-hybridized carbons (Fsp3) is 0. The number of para-hydroxylation sites is 1. The Kier molecular flexibility index (Phi) is 9.06. The van der Waals surface area contributed by atoms with E-state index in [-0.39, 0.29) is 0 Å². The van der Waals surface area contributed by atoms with Gasteiger partial charge in [-0.05, 0) is 109 Å². The fourth-order valence-electron chi connectivity index (χ4n) is 8.26. The van der Waals surface area contributed by atoms with Crippen molar-refractivity contribution < 1.29 is 4.42 Å². The van der Waals surface area contributed by atoms with E-state index in [9.17, 15) is 0 Å². The van der Waals surface area contributed by atoms with Crippen LogP contribution in [0.1, 0.15) is 11.1 Å². The van der Waals surface area contributed by atoms with E-state index in [1.807, 2.05) is 12.3 Å². The SMILES string of the molecule is C=C/C=C(/c1ccccc1N(c1ccc(-c2ccc3ccccc3c2)cc1)c1ccc(-c2ccccc2)c(-c2ccccc2)c1)c1coc2cc3ccccc3cc12. The van der Waals surface area contributed by atoms with Gasteiger partial charge in [-0.1, -0.05) is 176 Å². The Morgan fingerprint density at radius 2 is 1.02 bits per heavy atom. The summed E-state index contributed by atoms with van der Waals surface area (Å²) in [4.78, 5) is 2.38. The van der Waals surface area contributed by atoms with Gasteiger partial charge in [-0.3, -0.25) is 0 Å². The highest BCUT2D eigenvalue weighted by molar-refractivity contribution is 6.05. The van der Waals surface area contributed by atoms with Gasteiger partial charge in [0.1, 0.15) is 5.58 Å². The van der Waals surface area contributed by atoms with Gasteiger partial charge in [0.05, 0.1) is 12.0 Å². The van der Waals surface area contributed by atoms with Crippen LogP contribution in [0.4, 0.5) is 17.1 Å². The van der Waals surface area contributed by atoms with Crippen LogP contribution in [0.15, 0.2) is 236 Å². The molecule has 274 valence electrons. The molecule has 1 aromatic heterocycles. The van der Waals surface area contributed by atoms with Gasteiger partial charge >= 0.3 is 0 Å². The molecule has 0 aliphatic carbocycles. The number of rotatable bonds is 9. The second kappa shape index (κ2) is 15.1. The van der Waals surface area contributed by atoms with Crippen LogP contribution < -0.4 is 4.90 Å². The Labute approximate surface area is 338 Å². The maximum absolute atomic E-state index is 6.29. The average Bonchev–Trinajstić information content (AvgIpc) is 3.70. The summed E-state index contributed by atoms with van der Waals surface area (Å²) in [7, 11) is 0. The third kappa shape index (κ3) is 6.47. The number of hydrogen-bond acceptors (Lipinski definition) is 2. The molecule has 0 aliphatic rings. The lowest BCUT2D eigenvalue weighted by Gasteiger charge is -2.29. The molecule has 9 aromatic carbocycles. The Morgan fingerprint density at radius 1 is 0.431 bits per heavy atom. The molecule has 0 bridgehead atoms. The van der Waals surface area contributed by atoms with Gasteiger partial charge in [0.25, 0.3) is 0 Å². The molecule has 58 heavy (non-hydrogen) atoms. The first-order valence-electron chi connectivity index (χ1n) is 19.7. The molecule has 0 radical (unpaired) electrons. The van der Waals surface area contributed by atoms with Gasteiger partial charge in [0.15, 0.2) is 0 Å². The molecule has 10 aromatic rings. The van der Waals surface area contributed by atoms with E-state index in [1.165, 1.54) is 32.8 Å². The van der Waals surface area contributed by atoms with E-state index in [0.717, 1.165) is 66.8 Å². The monoisotopic (exact) mass is 741 g/mol. The zero-order chi connectivity index (χ0) is 38.8. The number of benzene rings is 9. The van der Waals surface area contributed by atoms with Gasteiger partial charge in [-0.15, -0.1) is 0 Å². The van der Waals surface area contributed by atoms with E-state index >= 15 is 0 Å². The molecule has 0 saturated carbocycles. The first-order chi connectivity index (χ1) is 28.7. The van der Waals surface area contributed by atoms with Gasteiger partial charge in [-0.2, -0.15) is 0 Å².